The molecule has 1 heterocycles. The number of rotatable bonds is 7. The maximum atomic E-state index is 11.8. The predicted octanol–water partition coefficient (Wildman–Crippen LogP) is 1.05. The van der Waals surface area contributed by atoms with E-state index in [0.29, 0.717) is 23.6 Å². The summed E-state index contributed by atoms with van der Waals surface area (Å²) in [6, 6.07) is 6.33. The number of amides is 1. The Morgan fingerprint density at radius 2 is 2.05 bits per heavy atom. The fourth-order valence-electron chi connectivity index (χ4n) is 1.79. The molecular weight excluding hydrogens is 286 g/mol. The zero-order chi connectivity index (χ0) is 15.9. The number of ketones is 1. The first-order chi connectivity index (χ1) is 10.6. The Morgan fingerprint density at radius 3 is 2.64 bits per heavy atom. The molecule has 0 saturated heterocycles. The Morgan fingerprint density at radius 1 is 1.32 bits per heavy atom. The van der Waals surface area contributed by atoms with E-state index in [2.05, 4.69) is 25.9 Å². The fourth-order valence-corrected chi connectivity index (χ4v) is 1.79. The first-order valence-corrected chi connectivity index (χ1v) is 6.89. The van der Waals surface area contributed by atoms with Gasteiger partial charge in [0.1, 0.15) is 5.75 Å². The number of Topliss-reactive ketones (excluding diaryl/α,β-unsaturated/α-hetero) is 1. The minimum Gasteiger partial charge on any atom is -0.484 e. The van der Waals surface area contributed by atoms with Gasteiger partial charge in [0.2, 0.25) is 0 Å². The average Bonchev–Trinajstić information content (AvgIpc) is 3.07. The normalized spacial score (nSPS) is 11.7. The Bertz CT molecular complexity index is 624. The van der Waals surface area contributed by atoms with Crippen molar-refractivity contribution in [3.63, 3.8) is 0 Å². The summed E-state index contributed by atoms with van der Waals surface area (Å²) in [4.78, 5) is 23.3. The molecule has 0 radical (unpaired) electrons. The highest BCUT2D eigenvalue weighted by molar-refractivity contribution is 5.95. The molecule has 0 aliphatic heterocycles. The van der Waals surface area contributed by atoms with E-state index < -0.39 is 0 Å². The van der Waals surface area contributed by atoms with Gasteiger partial charge >= 0.3 is 0 Å². The van der Waals surface area contributed by atoms with Gasteiger partial charge in [-0.1, -0.05) is 12.1 Å². The number of carbonyl (C=O) groups excluding carboxylic acids is 2. The second-order valence-corrected chi connectivity index (χ2v) is 4.65. The van der Waals surface area contributed by atoms with Gasteiger partial charge in [-0.3, -0.25) is 9.59 Å². The van der Waals surface area contributed by atoms with E-state index in [9.17, 15) is 9.59 Å². The molecule has 0 spiro atoms. The van der Waals surface area contributed by atoms with Gasteiger partial charge in [-0.15, -0.1) is 10.2 Å². The number of H-pyrrole nitrogens is 1. The maximum absolute atomic E-state index is 11.8. The molecule has 0 bridgehead atoms. The number of ether oxygens (including phenoxy) is 1. The third-order valence-electron chi connectivity index (χ3n) is 2.99. The van der Waals surface area contributed by atoms with E-state index in [4.69, 9.17) is 4.74 Å². The van der Waals surface area contributed by atoms with Gasteiger partial charge in [0.25, 0.3) is 5.91 Å². The molecule has 2 aromatic rings. The van der Waals surface area contributed by atoms with Gasteiger partial charge in [0.15, 0.2) is 18.2 Å². The van der Waals surface area contributed by atoms with Gasteiger partial charge in [0.05, 0.1) is 6.04 Å². The van der Waals surface area contributed by atoms with Crippen LogP contribution < -0.4 is 10.1 Å². The largest absolute Gasteiger partial charge is 0.484 e. The Kier molecular flexibility index (Phi) is 5.18. The van der Waals surface area contributed by atoms with Crippen LogP contribution in [-0.2, 0) is 4.79 Å². The molecular formula is C14H17N5O3. The first kappa shape index (κ1) is 15.6. The Hall–Kier alpha value is -2.77. The van der Waals surface area contributed by atoms with Crippen LogP contribution in [0, 0.1) is 0 Å². The summed E-state index contributed by atoms with van der Waals surface area (Å²) < 4.78 is 5.37. The lowest BCUT2D eigenvalue weighted by Crippen LogP contribution is -2.31. The third-order valence-corrected chi connectivity index (χ3v) is 2.99. The van der Waals surface area contributed by atoms with E-state index in [0.717, 1.165) is 0 Å². The standard InChI is InChI=1S/C14H17N5O3/c1-3-12(20)10-4-6-11(7-5-10)22-8-13(21)15-9(2)14-16-18-19-17-14/h4-7,9H,3,8H2,1-2H3,(H,15,21)(H,16,17,18,19)/t9-/m1/s1. The minimum atomic E-state index is -0.362. The van der Waals surface area contributed by atoms with Crippen LogP contribution in [0.15, 0.2) is 24.3 Å². The summed E-state index contributed by atoms with van der Waals surface area (Å²) in [5.74, 6) is 0.690. The molecule has 0 aliphatic carbocycles. The van der Waals surface area contributed by atoms with Crippen LogP contribution in [0.4, 0.5) is 0 Å². The minimum absolute atomic E-state index is 0.0678. The molecule has 0 saturated carbocycles. The second-order valence-electron chi connectivity index (χ2n) is 4.65. The van der Waals surface area contributed by atoms with E-state index >= 15 is 0 Å². The Balaban J connectivity index is 1.82. The Labute approximate surface area is 127 Å². The highest BCUT2D eigenvalue weighted by atomic mass is 16.5. The molecule has 22 heavy (non-hydrogen) atoms. The molecule has 1 aromatic heterocycles. The zero-order valence-corrected chi connectivity index (χ0v) is 12.4. The summed E-state index contributed by atoms with van der Waals surface area (Å²) in [5, 5.41) is 16.0. The lowest BCUT2D eigenvalue weighted by atomic mass is 10.1. The van der Waals surface area contributed by atoms with Crippen molar-refractivity contribution in [2.75, 3.05) is 6.61 Å². The summed E-state index contributed by atoms with van der Waals surface area (Å²) in [7, 11) is 0. The highest BCUT2D eigenvalue weighted by Gasteiger charge is 2.13. The van der Waals surface area contributed by atoms with Gasteiger partial charge in [-0.25, -0.2) is 0 Å². The number of nitrogens with zero attached hydrogens (tertiary/aromatic N) is 3. The van der Waals surface area contributed by atoms with E-state index in [1.54, 1.807) is 31.2 Å². The smallest absolute Gasteiger partial charge is 0.258 e. The van der Waals surface area contributed by atoms with Gasteiger partial charge < -0.3 is 10.1 Å². The lowest BCUT2D eigenvalue weighted by Gasteiger charge is -2.11. The van der Waals surface area contributed by atoms with Crippen LogP contribution in [0.1, 0.15) is 42.5 Å². The monoisotopic (exact) mass is 303 g/mol. The molecule has 0 fully saturated rings. The second kappa shape index (κ2) is 7.30. The summed E-state index contributed by atoms with van der Waals surface area (Å²) >= 11 is 0. The molecule has 8 nitrogen and oxygen atoms in total. The van der Waals surface area contributed by atoms with Gasteiger partial charge in [0, 0.05) is 12.0 Å². The summed E-state index contributed by atoms with van der Waals surface area (Å²) in [5.41, 5.74) is 0.630. The van der Waals surface area contributed by atoms with Crippen molar-refractivity contribution in [3.05, 3.63) is 35.7 Å². The summed E-state index contributed by atoms with van der Waals surface area (Å²) in [6.45, 7) is 3.42. The third kappa shape index (κ3) is 4.11. The molecule has 1 amide bonds. The number of benzene rings is 1. The zero-order valence-electron chi connectivity index (χ0n) is 12.4. The SMILES string of the molecule is CCC(=O)c1ccc(OCC(=O)N[C@H](C)c2nn[nH]n2)cc1. The fraction of sp³-hybridized carbons (Fsp3) is 0.357. The van der Waals surface area contributed by atoms with E-state index in [1.165, 1.54) is 0 Å². The maximum Gasteiger partial charge on any atom is 0.258 e. The number of hydrogen-bond donors (Lipinski definition) is 2. The van der Waals surface area contributed by atoms with Crippen LogP contribution in [0.5, 0.6) is 5.75 Å². The van der Waals surface area contributed by atoms with E-state index in [-0.39, 0.29) is 24.3 Å². The summed E-state index contributed by atoms with van der Waals surface area (Å²) in [6.07, 6.45) is 0.455. The number of hydrogen-bond acceptors (Lipinski definition) is 6. The van der Waals surface area contributed by atoms with E-state index in [1.807, 2.05) is 6.92 Å². The molecule has 2 rings (SSSR count). The first-order valence-electron chi connectivity index (χ1n) is 6.89. The molecule has 0 aliphatic rings. The highest BCUT2D eigenvalue weighted by Crippen LogP contribution is 2.13. The molecule has 0 unspecified atom stereocenters. The van der Waals surface area contributed by atoms with Crippen molar-refractivity contribution >= 4 is 11.7 Å². The molecule has 116 valence electrons. The number of aromatic nitrogens is 4. The van der Waals surface area contributed by atoms with Crippen LogP contribution in [0.3, 0.4) is 0 Å². The molecule has 8 heteroatoms. The van der Waals surface area contributed by atoms with Crippen molar-refractivity contribution < 1.29 is 14.3 Å². The van der Waals surface area contributed by atoms with Crippen molar-refractivity contribution in [1.29, 1.82) is 0 Å². The van der Waals surface area contributed by atoms with Crippen LogP contribution >= 0.6 is 0 Å². The lowest BCUT2D eigenvalue weighted by molar-refractivity contribution is -0.123. The average molecular weight is 303 g/mol. The van der Waals surface area contributed by atoms with Crippen LogP contribution in [0.2, 0.25) is 0 Å². The van der Waals surface area contributed by atoms with Crippen molar-refractivity contribution in [3.8, 4) is 5.75 Å². The number of nitrogens with one attached hydrogen (secondary N) is 2. The molecule has 1 aromatic carbocycles. The van der Waals surface area contributed by atoms with Crippen LogP contribution in [0.25, 0.3) is 0 Å². The molecule has 2 N–H and O–H groups in total. The van der Waals surface area contributed by atoms with Gasteiger partial charge in [-0.2, -0.15) is 5.21 Å². The number of carbonyl (C=O) groups is 2. The predicted molar refractivity (Wildman–Crippen MR) is 77.3 cm³/mol. The van der Waals surface area contributed by atoms with Crippen LogP contribution in [-0.4, -0.2) is 38.9 Å². The van der Waals surface area contributed by atoms with Crippen molar-refractivity contribution in [2.24, 2.45) is 0 Å². The number of tetrazole rings is 1. The van der Waals surface area contributed by atoms with Crippen molar-refractivity contribution in [1.82, 2.24) is 25.9 Å². The molecule has 1 atom stereocenters. The quantitative estimate of drug-likeness (QED) is 0.740. The topological polar surface area (TPSA) is 110 Å². The van der Waals surface area contributed by atoms with Crippen molar-refractivity contribution in [2.45, 2.75) is 26.3 Å². The number of aromatic amines is 1. The van der Waals surface area contributed by atoms with Gasteiger partial charge in [-0.05, 0) is 31.2 Å².